The van der Waals surface area contributed by atoms with Crippen molar-refractivity contribution in [1.29, 1.82) is 0 Å². The first kappa shape index (κ1) is 13.5. The third-order valence-corrected chi connectivity index (χ3v) is 3.29. The van der Waals surface area contributed by atoms with E-state index in [1.165, 1.54) is 6.07 Å². The van der Waals surface area contributed by atoms with Crippen LogP contribution in [0.5, 0.6) is 5.75 Å². The van der Waals surface area contributed by atoms with Crippen molar-refractivity contribution in [1.82, 2.24) is 4.98 Å². The number of carbonyl (C=O) groups excluding carboxylic acids is 1. The first-order valence-electron chi connectivity index (χ1n) is 5.16. The van der Waals surface area contributed by atoms with Crippen LogP contribution in [0.1, 0.15) is 10.5 Å². The summed E-state index contributed by atoms with van der Waals surface area (Å²) in [6.07, 6.45) is 0. The molecule has 1 heterocycles. The van der Waals surface area contributed by atoms with Gasteiger partial charge in [0.2, 0.25) is 0 Å². The van der Waals surface area contributed by atoms with Gasteiger partial charge in [0.05, 0.1) is 5.69 Å². The number of carbonyl (C=O) groups is 1. The standard InChI is InChI=1S/C12H9Cl2N3O2/c13-8-9(15)7(5-3-1-2-4-6(5)18)10(12(16)19)17-11(8)14/h1-4,18H,(H2,15,17)(H2,16,19). The van der Waals surface area contributed by atoms with Crippen LogP contribution in [0, 0.1) is 0 Å². The minimum absolute atomic E-state index is 0.00456. The van der Waals surface area contributed by atoms with E-state index in [2.05, 4.69) is 4.98 Å². The van der Waals surface area contributed by atoms with Crippen LogP contribution in [0.4, 0.5) is 5.69 Å². The van der Waals surface area contributed by atoms with Gasteiger partial charge in [-0.1, -0.05) is 41.4 Å². The number of aromatic hydroxyl groups is 1. The number of benzene rings is 1. The fraction of sp³-hybridized carbons (Fsp3) is 0. The fourth-order valence-corrected chi connectivity index (χ4v) is 2.01. The van der Waals surface area contributed by atoms with E-state index in [1.807, 2.05) is 0 Å². The molecule has 2 rings (SSSR count). The van der Waals surface area contributed by atoms with E-state index in [9.17, 15) is 9.90 Å². The van der Waals surface area contributed by atoms with Gasteiger partial charge in [-0.3, -0.25) is 4.79 Å². The maximum Gasteiger partial charge on any atom is 0.268 e. The Hall–Kier alpha value is -1.98. The molecule has 0 saturated carbocycles. The molecular formula is C12H9Cl2N3O2. The monoisotopic (exact) mass is 297 g/mol. The molecule has 1 aromatic heterocycles. The SMILES string of the molecule is NC(=O)c1nc(Cl)c(Cl)c(N)c1-c1ccccc1O. The normalized spacial score (nSPS) is 10.4. The van der Waals surface area contributed by atoms with Crippen molar-refractivity contribution in [2.45, 2.75) is 0 Å². The van der Waals surface area contributed by atoms with Gasteiger partial charge in [-0.25, -0.2) is 4.98 Å². The van der Waals surface area contributed by atoms with E-state index in [-0.39, 0.29) is 32.9 Å². The van der Waals surface area contributed by atoms with E-state index in [0.717, 1.165) is 0 Å². The summed E-state index contributed by atoms with van der Waals surface area (Å²) in [5, 5.41) is 9.73. The first-order chi connectivity index (χ1) is 8.93. The molecule has 0 aliphatic carbocycles. The van der Waals surface area contributed by atoms with Crippen molar-refractivity contribution in [2.75, 3.05) is 5.73 Å². The van der Waals surface area contributed by atoms with Crippen LogP contribution in [0.2, 0.25) is 10.2 Å². The van der Waals surface area contributed by atoms with Crippen molar-refractivity contribution in [2.24, 2.45) is 5.73 Å². The Morgan fingerprint density at radius 2 is 1.89 bits per heavy atom. The van der Waals surface area contributed by atoms with Crippen LogP contribution in [-0.2, 0) is 0 Å². The number of nitrogen functional groups attached to an aromatic ring is 1. The zero-order valence-corrected chi connectivity index (χ0v) is 11.0. The summed E-state index contributed by atoms with van der Waals surface area (Å²) < 4.78 is 0. The van der Waals surface area contributed by atoms with Crippen LogP contribution >= 0.6 is 23.2 Å². The second-order valence-electron chi connectivity index (χ2n) is 3.74. The summed E-state index contributed by atoms with van der Waals surface area (Å²) in [5.41, 5.74) is 11.5. The molecule has 5 N–H and O–H groups in total. The number of amides is 1. The highest BCUT2D eigenvalue weighted by molar-refractivity contribution is 6.43. The van der Waals surface area contributed by atoms with Crippen molar-refractivity contribution in [3.63, 3.8) is 0 Å². The number of pyridine rings is 1. The molecule has 0 aliphatic heterocycles. The molecule has 0 radical (unpaired) electrons. The molecule has 2 aromatic rings. The van der Waals surface area contributed by atoms with E-state index < -0.39 is 5.91 Å². The molecule has 0 bridgehead atoms. The number of anilines is 1. The molecule has 98 valence electrons. The van der Waals surface area contributed by atoms with Crippen LogP contribution in [-0.4, -0.2) is 16.0 Å². The van der Waals surface area contributed by atoms with Gasteiger partial charge in [0.1, 0.15) is 16.5 Å². The highest BCUT2D eigenvalue weighted by Gasteiger charge is 2.22. The summed E-state index contributed by atoms with van der Waals surface area (Å²) in [6.45, 7) is 0. The van der Waals surface area contributed by atoms with Crippen molar-refractivity contribution >= 4 is 34.8 Å². The molecule has 0 saturated heterocycles. The molecule has 0 atom stereocenters. The first-order valence-corrected chi connectivity index (χ1v) is 5.91. The Morgan fingerprint density at radius 3 is 2.47 bits per heavy atom. The largest absolute Gasteiger partial charge is 0.507 e. The lowest BCUT2D eigenvalue weighted by Gasteiger charge is -2.13. The summed E-state index contributed by atoms with van der Waals surface area (Å²) in [5.74, 6) is -0.889. The summed E-state index contributed by atoms with van der Waals surface area (Å²) in [6, 6.07) is 6.31. The maximum atomic E-state index is 11.4. The number of nitrogens with two attached hydrogens (primary N) is 2. The third-order valence-electron chi connectivity index (χ3n) is 2.54. The van der Waals surface area contributed by atoms with E-state index in [0.29, 0.717) is 5.56 Å². The zero-order chi connectivity index (χ0) is 14.2. The zero-order valence-electron chi connectivity index (χ0n) is 9.52. The van der Waals surface area contributed by atoms with Crippen LogP contribution < -0.4 is 11.5 Å². The van der Waals surface area contributed by atoms with Crippen molar-refractivity contribution in [3.05, 3.63) is 40.1 Å². The van der Waals surface area contributed by atoms with Gasteiger partial charge >= 0.3 is 0 Å². The number of phenolic OH excluding ortho intramolecular Hbond substituents is 1. The molecule has 1 amide bonds. The highest BCUT2D eigenvalue weighted by Crippen LogP contribution is 2.40. The van der Waals surface area contributed by atoms with Gasteiger partial charge in [-0.2, -0.15) is 0 Å². The highest BCUT2D eigenvalue weighted by atomic mass is 35.5. The average molecular weight is 298 g/mol. The Labute approximate surface area is 118 Å². The van der Waals surface area contributed by atoms with Gasteiger partial charge in [0, 0.05) is 11.1 Å². The molecule has 0 unspecified atom stereocenters. The molecule has 5 nitrogen and oxygen atoms in total. The number of hydrogen-bond acceptors (Lipinski definition) is 4. The minimum atomic E-state index is -0.816. The number of rotatable bonds is 2. The van der Waals surface area contributed by atoms with E-state index in [4.69, 9.17) is 34.7 Å². The third kappa shape index (κ3) is 2.30. The lowest BCUT2D eigenvalue weighted by molar-refractivity contribution is 0.0996. The second kappa shape index (κ2) is 4.95. The quantitative estimate of drug-likeness (QED) is 0.741. The van der Waals surface area contributed by atoms with Crippen LogP contribution in [0.25, 0.3) is 11.1 Å². The van der Waals surface area contributed by atoms with Gasteiger partial charge in [-0.05, 0) is 6.07 Å². The van der Waals surface area contributed by atoms with E-state index >= 15 is 0 Å². The lowest BCUT2D eigenvalue weighted by atomic mass is 10.0. The summed E-state index contributed by atoms with van der Waals surface area (Å²) in [7, 11) is 0. The average Bonchev–Trinajstić information content (AvgIpc) is 2.37. The smallest absolute Gasteiger partial charge is 0.268 e. The number of para-hydroxylation sites is 1. The number of hydrogen-bond donors (Lipinski definition) is 3. The molecule has 19 heavy (non-hydrogen) atoms. The minimum Gasteiger partial charge on any atom is -0.507 e. The van der Waals surface area contributed by atoms with Crippen molar-refractivity contribution < 1.29 is 9.90 Å². The number of primary amides is 1. The van der Waals surface area contributed by atoms with Gasteiger partial charge in [0.15, 0.2) is 5.15 Å². The molecule has 0 aliphatic rings. The predicted molar refractivity (Wildman–Crippen MR) is 74.3 cm³/mol. The van der Waals surface area contributed by atoms with Gasteiger partial charge in [-0.15, -0.1) is 0 Å². The number of aromatic nitrogens is 1. The van der Waals surface area contributed by atoms with Crippen LogP contribution in [0.3, 0.4) is 0 Å². The molecule has 1 aromatic carbocycles. The Morgan fingerprint density at radius 1 is 1.26 bits per heavy atom. The van der Waals surface area contributed by atoms with Gasteiger partial charge in [0.25, 0.3) is 5.91 Å². The summed E-state index contributed by atoms with van der Waals surface area (Å²) >= 11 is 11.7. The lowest BCUT2D eigenvalue weighted by Crippen LogP contribution is -2.16. The predicted octanol–water partition coefficient (Wildman–Crippen LogP) is 2.44. The molecule has 0 fully saturated rings. The number of halogens is 2. The molecule has 0 spiro atoms. The fourth-order valence-electron chi connectivity index (χ4n) is 1.69. The van der Waals surface area contributed by atoms with Crippen molar-refractivity contribution in [3.8, 4) is 16.9 Å². The Balaban J connectivity index is 2.86. The number of phenols is 1. The molecular weight excluding hydrogens is 289 g/mol. The Bertz CT molecular complexity index is 674. The number of nitrogens with zero attached hydrogens (tertiary/aromatic N) is 1. The Kier molecular flexibility index (Phi) is 3.50. The summed E-state index contributed by atoms with van der Waals surface area (Å²) in [4.78, 5) is 15.3. The second-order valence-corrected chi connectivity index (χ2v) is 4.47. The maximum absolute atomic E-state index is 11.4. The van der Waals surface area contributed by atoms with Crippen LogP contribution in [0.15, 0.2) is 24.3 Å². The van der Waals surface area contributed by atoms with E-state index in [1.54, 1.807) is 18.2 Å². The topological polar surface area (TPSA) is 102 Å². The molecule has 7 heteroatoms. The van der Waals surface area contributed by atoms with Gasteiger partial charge < -0.3 is 16.6 Å².